The fourth-order valence-electron chi connectivity index (χ4n) is 4.76. The lowest BCUT2D eigenvalue weighted by atomic mass is 9.91. The fourth-order valence-corrected chi connectivity index (χ4v) is 5.91. The molecule has 3 heterocycles. The smallest absolute Gasteiger partial charge is 0.236 e. The first-order valence-corrected chi connectivity index (χ1v) is 12.5. The third-order valence-corrected chi connectivity index (χ3v) is 7.42. The van der Waals surface area contributed by atoms with E-state index in [1.807, 2.05) is 39.0 Å². The first-order chi connectivity index (χ1) is 14.9. The lowest BCUT2D eigenvalue weighted by Gasteiger charge is -2.35. The Bertz CT molecular complexity index is 1550. The summed E-state index contributed by atoms with van der Waals surface area (Å²) in [5.41, 5.74) is 5.78. The molecule has 4 aromatic rings. The summed E-state index contributed by atoms with van der Waals surface area (Å²) in [6.45, 7) is 10.0. The van der Waals surface area contributed by atoms with Crippen LogP contribution in [-0.2, 0) is 15.6 Å². The van der Waals surface area contributed by atoms with E-state index in [0.717, 1.165) is 50.7 Å². The third-order valence-electron chi connectivity index (χ3n) is 6.09. The van der Waals surface area contributed by atoms with Gasteiger partial charge in [-0.2, -0.15) is 0 Å². The van der Waals surface area contributed by atoms with Gasteiger partial charge < -0.3 is 5.32 Å². The minimum atomic E-state index is -3.43. The van der Waals surface area contributed by atoms with Gasteiger partial charge in [0.05, 0.1) is 33.7 Å². The van der Waals surface area contributed by atoms with Crippen molar-refractivity contribution in [2.24, 2.45) is 0 Å². The van der Waals surface area contributed by atoms with Crippen LogP contribution in [0.1, 0.15) is 36.6 Å². The minimum Gasteiger partial charge on any atom is -0.371 e. The summed E-state index contributed by atoms with van der Waals surface area (Å²) in [7, 11) is -3.43. The first-order valence-electron chi connectivity index (χ1n) is 10.3. The van der Waals surface area contributed by atoms with Gasteiger partial charge in [-0.3, -0.25) is 4.57 Å². The minimum absolute atomic E-state index is 0.408. The van der Waals surface area contributed by atoms with Gasteiger partial charge in [-0.1, -0.05) is 17.7 Å². The van der Waals surface area contributed by atoms with Crippen molar-refractivity contribution < 1.29 is 8.42 Å². The van der Waals surface area contributed by atoms with Crippen LogP contribution in [0, 0.1) is 20.8 Å². The van der Waals surface area contributed by atoms with Crippen LogP contribution in [0.25, 0.3) is 27.7 Å². The highest BCUT2D eigenvalue weighted by atomic mass is 35.5. The van der Waals surface area contributed by atoms with E-state index in [9.17, 15) is 8.42 Å². The second kappa shape index (κ2) is 6.59. The second-order valence-corrected chi connectivity index (χ2v) is 11.3. The Morgan fingerprint density at radius 1 is 1.09 bits per heavy atom. The van der Waals surface area contributed by atoms with Crippen molar-refractivity contribution in [3.63, 3.8) is 0 Å². The summed E-state index contributed by atoms with van der Waals surface area (Å²) in [6, 6.07) is 7.70. The molecule has 9 heteroatoms. The van der Waals surface area contributed by atoms with Crippen molar-refractivity contribution >= 4 is 38.2 Å². The van der Waals surface area contributed by atoms with Gasteiger partial charge in [0.15, 0.2) is 5.82 Å². The second-order valence-electron chi connectivity index (χ2n) is 9.03. The molecule has 0 spiro atoms. The summed E-state index contributed by atoms with van der Waals surface area (Å²) in [4.78, 5) is 0. The molecule has 0 atom stereocenters. The Labute approximate surface area is 192 Å². The molecule has 1 aliphatic heterocycles. The van der Waals surface area contributed by atoms with E-state index in [1.165, 1.54) is 10.2 Å². The highest BCUT2D eigenvalue weighted by molar-refractivity contribution is 7.89. The van der Waals surface area contributed by atoms with Gasteiger partial charge in [0, 0.05) is 17.1 Å². The maximum Gasteiger partial charge on any atom is 0.236 e. The van der Waals surface area contributed by atoms with Crippen molar-refractivity contribution in [1.29, 1.82) is 0 Å². The number of aryl methyl sites for hydroxylation is 2. The van der Waals surface area contributed by atoms with Gasteiger partial charge in [-0.15, -0.1) is 10.2 Å². The summed E-state index contributed by atoms with van der Waals surface area (Å²) in [6.07, 6.45) is 2.80. The van der Waals surface area contributed by atoms with Crippen LogP contribution < -0.4 is 5.32 Å². The average molecular weight is 470 g/mol. The Hall–Kier alpha value is -2.84. The summed E-state index contributed by atoms with van der Waals surface area (Å²) < 4.78 is 28.0. The number of fused-ring (bicyclic) bond motifs is 4. The van der Waals surface area contributed by atoms with Gasteiger partial charge in [0.1, 0.15) is 5.82 Å². The topological polar surface area (TPSA) is 81.8 Å². The molecule has 32 heavy (non-hydrogen) atoms. The Morgan fingerprint density at radius 3 is 2.50 bits per heavy atom. The van der Waals surface area contributed by atoms with Gasteiger partial charge in [0.2, 0.25) is 10.0 Å². The molecule has 5 rings (SSSR count). The predicted molar refractivity (Wildman–Crippen MR) is 128 cm³/mol. The highest BCUT2D eigenvalue weighted by Crippen LogP contribution is 2.46. The quantitative estimate of drug-likeness (QED) is 0.450. The Morgan fingerprint density at radius 2 is 1.81 bits per heavy atom. The van der Waals surface area contributed by atoms with Crippen molar-refractivity contribution in [1.82, 2.24) is 18.7 Å². The van der Waals surface area contributed by atoms with Crippen LogP contribution in [0.5, 0.6) is 0 Å². The molecule has 0 amide bonds. The molecule has 2 aromatic heterocycles. The number of halogens is 1. The lowest BCUT2D eigenvalue weighted by Crippen LogP contribution is -2.36. The zero-order valence-electron chi connectivity index (χ0n) is 18.8. The van der Waals surface area contributed by atoms with Crippen molar-refractivity contribution in [2.45, 2.75) is 40.2 Å². The normalized spacial score (nSPS) is 14.8. The van der Waals surface area contributed by atoms with Gasteiger partial charge >= 0.3 is 0 Å². The van der Waals surface area contributed by atoms with Crippen LogP contribution in [0.4, 0.5) is 5.69 Å². The van der Waals surface area contributed by atoms with E-state index < -0.39 is 15.6 Å². The van der Waals surface area contributed by atoms with Crippen molar-refractivity contribution in [3.05, 3.63) is 58.3 Å². The van der Waals surface area contributed by atoms with E-state index in [0.29, 0.717) is 10.5 Å². The Balaban J connectivity index is 1.87. The number of anilines is 1. The zero-order chi connectivity index (χ0) is 23.2. The molecule has 0 aliphatic carbocycles. The van der Waals surface area contributed by atoms with Crippen molar-refractivity contribution in [2.75, 3.05) is 11.6 Å². The van der Waals surface area contributed by atoms with Gasteiger partial charge in [-0.25, -0.2) is 12.4 Å². The molecule has 0 saturated heterocycles. The van der Waals surface area contributed by atoms with Crippen LogP contribution in [0.3, 0.4) is 0 Å². The standard InChI is InChI=1S/C23H24ClN5O2S/c1-12-9-16(15-7-8-28(19(15)10-12)32(6,30)31)20-13(2)21-18(11-17(20)24)25-23(4,5)22-27-26-14(3)29(21)22/h7-11,25H,1-6H3. The van der Waals surface area contributed by atoms with E-state index in [-0.39, 0.29) is 0 Å². The molecule has 166 valence electrons. The number of hydrogen-bond donors (Lipinski definition) is 1. The number of aromatic nitrogens is 4. The molecule has 7 nitrogen and oxygen atoms in total. The number of hydrogen-bond acceptors (Lipinski definition) is 5. The third kappa shape index (κ3) is 2.89. The molecule has 0 bridgehead atoms. The summed E-state index contributed by atoms with van der Waals surface area (Å²) in [5.74, 6) is 1.63. The first kappa shape index (κ1) is 21.0. The molecule has 0 fully saturated rings. The average Bonchev–Trinajstić information content (AvgIpc) is 3.25. The molecular formula is C23H24ClN5O2S. The van der Waals surface area contributed by atoms with Crippen LogP contribution in [-0.4, -0.2) is 33.4 Å². The number of nitrogens with one attached hydrogen (secondary N) is 1. The van der Waals surface area contributed by atoms with Crippen LogP contribution in [0.2, 0.25) is 5.02 Å². The molecule has 0 saturated carbocycles. The van der Waals surface area contributed by atoms with E-state index in [4.69, 9.17) is 11.6 Å². The highest BCUT2D eigenvalue weighted by Gasteiger charge is 2.36. The maximum absolute atomic E-state index is 12.3. The lowest BCUT2D eigenvalue weighted by molar-refractivity contribution is 0.535. The maximum atomic E-state index is 12.3. The largest absolute Gasteiger partial charge is 0.371 e. The molecule has 0 unspecified atom stereocenters. The summed E-state index contributed by atoms with van der Waals surface area (Å²) >= 11 is 6.88. The van der Waals surface area contributed by atoms with E-state index in [1.54, 1.807) is 6.20 Å². The zero-order valence-corrected chi connectivity index (χ0v) is 20.4. The monoisotopic (exact) mass is 469 g/mol. The van der Waals surface area contributed by atoms with Crippen LogP contribution >= 0.6 is 11.6 Å². The van der Waals surface area contributed by atoms with Gasteiger partial charge in [-0.05, 0) is 69.5 Å². The Kier molecular flexibility index (Phi) is 4.33. The van der Waals surface area contributed by atoms with E-state index in [2.05, 4.69) is 40.0 Å². The van der Waals surface area contributed by atoms with E-state index >= 15 is 0 Å². The van der Waals surface area contributed by atoms with Crippen LogP contribution in [0.15, 0.2) is 30.5 Å². The SMILES string of the molecule is Cc1cc(-c2c(Cl)cc3c(c2C)-n2c(C)nnc2C(C)(C)N3)c2ccn(S(C)(=O)=O)c2c1. The molecule has 1 aliphatic rings. The fraction of sp³-hybridized carbons (Fsp3) is 0.304. The molecule has 2 aromatic carbocycles. The van der Waals surface area contributed by atoms with Crippen molar-refractivity contribution in [3.8, 4) is 16.8 Å². The van der Waals surface area contributed by atoms with Gasteiger partial charge in [0.25, 0.3) is 0 Å². The molecule has 1 N–H and O–H groups in total. The predicted octanol–water partition coefficient (Wildman–Crippen LogP) is 4.94. The number of rotatable bonds is 2. The molecule has 0 radical (unpaired) electrons. The summed E-state index contributed by atoms with van der Waals surface area (Å²) in [5, 5.41) is 13.7. The number of benzene rings is 2. The number of nitrogens with zero attached hydrogens (tertiary/aromatic N) is 4. The molecular weight excluding hydrogens is 446 g/mol.